The van der Waals surface area contributed by atoms with Crippen LogP contribution in [0.4, 0.5) is 5.69 Å². The van der Waals surface area contributed by atoms with Gasteiger partial charge in [-0.1, -0.05) is 24.3 Å². The fourth-order valence-electron chi connectivity index (χ4n) is 2.94. The van der Waals surface area contributed by atoms with Crippen molar-refractivity contribution < 1.29 is 29.3 Å². The molecule has 176 valence electrons. The summed E-state index contributed by atoms with van der Waals surface area (Å²) in [6, 6.07) is 9.02. The zero-order valence-corrected chi connectivity index (χ0v) is 18.2. The van der Waals surface area contributed by atoms with E-state index in [2.05, 4.69) is 20.6 Å². The number of aliphatic carboxylic acids is 1. The summed E-state index contributed by atoms with van der Waals surface area (Å²) in [6.07, 6.45) is 3.28. The van der Waals surface area contributed by atoms with Gasteiger partial charge in [0.15, 0.2) is 0 Å². The molecule has 3 aromatic rings. The first-order valence-electron chi connectivity index (χ1n) is 9.96. The molecule has 0 aliphatic heterocycles. The van der Waals surface area contributed by atoms with Crippen LogP contribution in [0.15, 0.2) is 48.9 Å². The molecule has 3 rings (SSSR count). The second-order valence-corrected chi connectivity index (χ2v) is 7.04. The van der Waals surface area contributed by atoms with Gasteiger partial charge in [0.2, 0.25) is 11.8 Å². The van der Waals surface area contributed by atoms with E-state index >= 15 is 0 Å². The van der Waals surface area contributed by atoms with E-state index in [1.165, 1.54) is 6.33 Å². The van der Waals surface area contributed by atoms with Crippen LogP contribution < -0.4 is 21.1 Å². The number of amides is 2. The van der Waals surface area contributed by atoms with Gasteiger partial charge in [-0.2, -0.15) is 0 Å². The highest BCUT2D eigenvalue weighted by Gasteiger charge is 2.24. The molecule has 33 heavy (non-hydrogen) atoms. The summed E-state index contributed by atoms with van der Waals surface area (Å²) < 4.78 is 5.39. The Morgan fingerprint density at radius 1 is 1.21 bits per heavy atom. The monoisotopic (exact) mass is 457 g/mol. The molecular weight excluding hydrogens is 430 g/mol. The smallest absolute Gasteiger partial charge is 0.300 e. The minimum Gasteiger partial charge on any atom is -0.496 e. The van der Waals surface area contributed by atoms with Crippen LogP contribution in [0.2, 0.25) is 0 Å². The summed E-state index contributed by atoms with van der Waals surface area (Å²) in [6.45, 7) is 0.513. The summed E-state index contributed by atoms with van der Waals surface area (Å²) in [5.74, 6) is -1.35. The molecule has 0 fully saturated rings. The van der Waals surface area contributed by atoms with Crippen molar-refractivity contribution >= 4 is 34.2 Å². The number of aliphatic hydroxyl groups is 1. The number of benzene rings is 2. The van der Waals surface area contributed by atoms with Crippen molar-refractivity contribution in [2.24, 2.45) is 5.73 Å². The molecule has 0 aliphatic rings. The number of anilines is 1. The first-order chi connectivity index (χ1) is 15.7. The summed E-state index contributed by atoms with van der Waals surface area (Å²) >= 11 is 0. The summed E-state index contributed by atoms with van der Waals surface area (Å²) in [4.78, 5) is 40.6. The Labute approximate surface area is 190 Å². The van der Waals surface area contributed by atoms with Gasteiger partial charge in [0.25, 0.3) is 5.97 Å². The number of carbonyl (C=O) groups is 3. The Morgan fingerprint density at radius 3 is 2.52 bits per heavy atom. The van der Waals surface area contributed by atoms with Gasteiger partial charge in [0.1, 0.15) is 11.8 Å². The molecule has 0 radical (unpaired) electrons. The largest absolute Gasteiger partial charge is 0.496 e. The van der Waals surface area contributed by atoms with Crippen LogP contribution in [0, 0.1) is 0 Å². The number of rotatable bonds is 8. The molecule has 1 heterocycles. The number of carboxylic acid groups (broad SMARTS) is 1. The fraction of sp³-hybridized carbons (Fsp3) is 0.273. The molecule has 0 saturated heterocycles. The lowest BCUT2D eigenvalue weighted by atomic mass is 10.1. The third kappa shape index (κ3) is 7.59. The predicted molar refractivity (Wildman–Crippen MR) is 122 cm³/mol. The van der Waals surface area contributed by atoms with E-state index in [9.17, 15) is 14.7 Å². The van der Waals surface area contributed by atoms with Crippen LogP contribution in [0.1, 0.15) is 12.6 Å². The number of nitrogens with zero attached hydrogens (tertiary/aromatic N) is 1. The summed E-state index contributed by atoms with van der Waals surface area (Å²) in [5, 5.41) is 24.0. The molecule has 0 aliphatic carbocycles. The minimum atomic E-state index is -1.15. The van der Waals surface area contributed by atoms with Crippen molar-refractivity contribution in [3.05, 3.63) is 54.6 Å². The Hall–Kier alpha value is -3.96. The fourth-order valence-corrected chi connectivity index (χ4v) is 2.94. The second kappa shape index (κ2) is 12.2. The van der Waals surface area contributed by atoms with E-state index in [1.807, 2.05) is 24.3 Å². The minimum absolute atomic E-state index is 0.230. The maximum absolute atomic E-state index is 12.6. The molecule has 2 aromatic carbocycles. The summed E-state index contributed by atoms with van der Waals surface area (Å²) in [7, 11) is 1.55. The number of carbonyl (C=O) groups excluding carboxylic acids is 2. The molecule has 2 amide bonds. The number of nitrogens with two attached hydrogens (primary N) is 1. The molecule has 11 nitrogen and oxygen atoms in total. The molecule has 11 heteroatoms. The topological polar surface area (TPSA) is 180 Å². The van der Waals surface area contributed by atoms with Crippen LogP contribution in [0.3, 0.4) is 0 Å². The number of imidazole rings is 1. The van der Waals surface area contributed by atoms with Gasteiger partial charge in [-0.25, -0.2) is 4.98 Å². The van der Waals surface area contributed by atoms with Gasteiger partial charge < -0.3 is 36.3 Å². The average Bonchev–Trinajstić information content (AvgIpc) is 3.29. The predicted octanol–water partition coefficient (Wildman–Crippen LogP) is 0.648. The zero-order valence-electron chi connectivity index (χ0n) is 18.2. The van der Waals surface area contributed by atoms with E-state index in [0.29, 0.717) is 17.1 Å². The normalized spacial score (nSPS) is 12.1. The van der Waals surface area contributed by atoms with Gasteiger partial charge in [-0.05, 0) is 11.5 Å². The zero-order chi connectivity index (χ0) is 24.4. The van der Waals surface area contributed by atoms with E-state index in [1.54, 1.807) is 25.4 Å². The van der Waals surface area contributed by atoms with Gasteiger partial charge in [-0.3, -0.25) is 14.4 Å². The quantitative estimate of drug-likeness (QED) is 0.285. The number of aromatic amines is 1. The van der Waals surface area contributed by atoms with Gasteiger partial charge in [0.05, 0.1) is 26.1 Å². The Bertz CT molecular complexity index is 1080. The molecule has 0 unspecified atom stereocenters. The Kier molecular flexibility index (Phi) is 9.33. The van der Waals surface area contributed by atoms with Crippen molar-refractivity contribution in [2.45, 2.75) is 25.4 Å². The van der Waals surface area contributed by atoms with Crippen molar-refractivity contribution in [2.75, 3.05) is 19.0 Å². The highest BCUT2D eigenvalue weighted by molar-refractivity contribution is 6.00. The Balaban J connectivity index is 0.000000890. The van der Waals surface area contributed by atoms with E-state index in [4.69, 9.17) is 20.4 Å². The first kappa shape index (κ1) is 25.3. The van der Waals surface area contributed by atoms with E-state index in [0.717, 1.165) is 17.7 Å². The number of aromatic nitrogens is 2. The maximum Gasteiger partial charge on any atom is 0.300 e. The van der Waals surface area contributed by atoms with Crippen molar-refractivity contribution in [1.29, 1.82) is 0 Å². The molecule has 0 bridgehead atoms. The number of methoxy groups -OCH3 is 1. The highest BCUT2D eigenvalue weighted by Crippen LogP contribution is 2.29. The number of ether oxygens (including phenoxy) is 1. The molecular formula is C22H27N5O6. The van der Waals surface area contributed by atoms with Gasteiger partial charge in [0, 0.05) is 42.4 Å². The average molecular weight is 457 g/mol. The number of nitrogens with one attached hydrogen (secondary N) is 3. The van der Waals surface area contributed by atoms with Crippen molar-refractivity contribution in [1.82, 2.24) is 15.3 Å². The molecule has 7 N–H and O–H groups in total. The number of hydrogen-bond donors (Lipinski definition) is 6. The highest BCUT2D eigenvalue weighted by atomic mass is 16.5. The van der Waals surface area contributed by atoms with Crippen LogP contribution in [-0.2, 0) is 20.8 Å². The third-order valence-corrected chi connectivity index (χ3v) is 4.46. The van der Waals surface area contributed by atoms with Crippen LogP contribution >= 0.6 is 0 Å². The van der Waals surface area contributed by atoms with Gasteiger partial charge >= 0.3 is 0 Å². The van der Waals surface area contributed by atoms with Crippen molar-refractivity contribution in [3.63, 3.8) is 0 Å². The van der Waals surface area contributed by atoms with Crippen LogP contribution in [0.5, 0.6) is 5.75 Å². The number of hydrogen-bond acceptors (Lipinski definition) is 7. The standard InChI is InChI=1S/C20H23N5O4.C2H4O2/c1-29-18-8-13(6-12-4-2-3-5-15(12)18)24-20(28)17(10-26)25-19(27)16(21)7-14-9-22-11-23-14;1-2(3)4/h2-6,8-9,11,16-17,26H,7,10,21H2,1H3,(H,22,23)(H,24,28)(H,25,27);1H3,(H,3,4)/t16-,17-;/m0./s1. The second-order valence-electron chi connectivity index (χ2n) is 7.04. The molecule has 0 spiro atoms. The lowest BCUT2D eigenvalue weighted by molar-refractivity contribution is -0.134. The maximum atomic E-state index is 12.6. The number of fused-ring (bicyclic) bond motifs is 1. The summed E-state index contributed by atoms with van der Waals surface area (Å²) in [5.41, 5.74) is 7.06. The first-order valence-corrected chi connectivity index (χ1v) is 9.96. The lowest BCUT2D eigenvalue weighted by Gasteiger charge is -2.19. The number of carboxylic acids is 1. The third-order valence-electron chi connectivity index (χ3n) is 4.46. The van der Waals surface area contributed by atoms with Crippen LogP contribution in [-0.4, -0.2) is 63.8 Å². The van der Waals surface area contributed by atoms with E-state index in [-0.39, 0.29) is 6.42 Å². The lowest BCUT2D eigenvalue weighted by Crippen LogP contribution is -2.52. The molecule has 2 atom stereocenters. The van der Waals surface area contributed by atoms with Gasteiger partial charge in [-0.15, -0.1) is 0 Å². The van der Waals surface area contributed by atoms with E-state index < -0.39 is 36.5 Å². The Morgan fingerprint density at radius 2 is 1.91 bits per heavy atom. The van der Waals surface area contributed by atoms with Crippen LogP contribution in [0.25, 0.3) is 10.8 Å². The number of aliphatic hydroxyl groups excluding tert-OH is 1. The molecule has 1 aromatic heterocycles. The SMILES string of the molecule is CC(=O)O.COc1cc(NC(=O)[C@H](CO)NC(=O)[C@@H](N)Cc2cnc[nH]2)cc2ccccc12. The molecule has 0 saturated carbocycles. The van der Waals surface area contributed by atoms with Crippen molar-refractivity contribution in [3.8, 4) is 5.75 Å². The number of H-pyrrole nitrogens is 1.